The standard InChI is InChI=1S/C16H12ClNOS3/c17-11-8-6-10(7-9-11)13(14-15(19)18-16(20)22-14)21-12-4-2-1-3-5-12/h1-9,13-14H,(H,18,19,20). The van der Waals surface area contributed by atoms with Gasteiger partial charge in [0.2, 0.25) is 5.91 Å². The van der Waals surface area contributed by atoms with Crippen LogP contribution in [0.15, 0.2) is 59.5 Å². The first-order chi connectivity index (χ1) is 10.6. The molecular weight excluding hydrogens is 354 g/mol. The Morgan fingerprint density at radius 1 is 1.14 bits per heavy atom. The molecule has 0 aliphatic carbocycles. The van der Waals surface area contributed by atoms with Gasteiger partial charge in [-0.25, -0.2) is 0 Å². The molecule has 1 amide bonds. The van der Waals surface area contributed by atoms with E-state index in [9.17, 15) is 4.79 Å². The van der Waals surface area contributed by atoms with Gasteiger partial charge in [0, 0.05) is 9.92 Å². The van der Waals surface area contributed by atoms with E-state index in [1.165, 1.54) is 11.8 Å². The van der Waals surface area contributed by atoms with E-state index >= 15 is 0 Å². The molecule has 2 aromatic rings. The summed E-state index contributed by atoms with van der Waals surface area (Å²) in [4.78, 5) is 13.3. The van der Waals surface area contributed by atoms with Gasteiger partial charge in [0.25, 0.3) is 0 Å². The molecule has 0 saturated carbocycles. The number of rotatable bonds is 4. The maximum atomic E-state index is 12.2. The topological polar surface area (TPSA) is 29.1 Å². The lowest BCUT2D eigenvalue weighted by Crippen LogP contribution is -2.27. The second kappa shape index (κ2) is 7.04. The van der Waals surface area contributed by atoms with Crippen molar-refractivity contribution in [3.05, 3.63) is 65.2 Å². The highest BCUT2D eigenvalue weighted by Crippen LogP contribution is 2.44. The Morgan fingerprint density at radius 2 is 1.82 bits per heavy atom. The van der Waals surface area contributed by atoms with Crippen LogP contribution in [-0.4, -0.2) is 15.5 Å². The minimum Gasteiger partial charge on any atom is -0.311 e. The van der Waals surface area contributed by atoms with Crippen molar-refractivity contribution < 1.29 is 4.79 Å². The van der Waals surface area contributed by atoms with Crippen LogP contribution in [0.5, 0.6) is 0 Å². The van der Waals surface area contributed by atoms with Gasteiger partial charge >= 0.3 is 0 Å². The van der Waals surface area contributed by atoms with Crippen LogP contribution in [0.3, 0.4) is 0 Å². The summed E-state index contributed by atoms with van der Waals surface area (Å²) in [5.41, 5.74) is 1.07. The smallest absolute Gasteiger partial charge is 0.240 e. The van der Waals surface area contributed by atoms with Gasteiger partial charge in [-0.15, -0.1) is 11.8 Å². The van der Waals surface area contributed by atoms with E-state index in [-0.39, 0.29) is 16.4 Å². The number of hydrogen-bond acceptors (Lipinski definition) is 4. The van der Waals surface area contributed by atoms with Crippen LogP contribution in [0.4, 0.5) is 0 Å². The molecule has 112 valence electrons. The molecule has 22 heavy (non-hydrogen) atoms. The van der Waals surface area contributed by atoms with Gasteiger partial charge in [-0.2, -0.15) is 0 Å². The predicted octanol–water partition coefficient (Wildman–Crippen LogP) is 4.69. The average Bonchev–Trinajstić information content (AvgIpc) is 2.85. The van der Waals surface area contributed by atoms with E-state index in [1.54, 1.807) is 11.8 Å². The van der Waals surface area contributed by atoms with E-state index in [2.05, 4.69) is 5.32 Å². The first-order valence-corrected chi connectivity index (χ1v) is 9.17. The highest BCUT2D eigenvalue weighted by Gasteiger charge is 2.37. The van der Waals surface area contributed by atoms with Crippen LogP contribution < -0.4 is 5.32 Å². The molecule has 3 rings (SSSR count). The van der Waals surface area contributed by atoms with Crippen LogP contribution in [0, 0.1) is 0 Å². The summed E-state index contributed by atoms with van der Waals surface area (Å²) >= 11 is 14.2. The summed E-state index contributed by atoms with van der Waals surface area (Å²) in [7, 11) is 0. The summed E-state index contributed by atoms with van der Waals surface area (Å²) in [5, 5.41) is 3.16. The maximum absolute atomic E-state index is 12.2. The molecule has 2 aromatic carbocycles. The molecule has 1 aliphatic rings. The second-order valence-electron chi connectivity index (χ2n) is 4.72. The van der Waals surface area contributed by atoms with E-state index < -0.39 is 0 Å². The van der Waals surface area contributed by atoms with Gasteiger partial charge in [-0.3, -0.25) is 4.79 Å². The van der Waals surface area contributed by atoms with Gasteiger partial charge in [0.05, 0.1) is 5.25 Å². The fraction of sp³-hybridized carbons (Fsp3) is 0.125. The summed E-state index contributed by atoms with van der Waals surface area (Å²) in [6, 6.07) is 17.7. The van der Waals surface area contributed by atoms with Crippen molar-refractivity contribution >= 4 is 57.6 Å². The lowest BCUT2D eigenvalue weighted by molar-refractivity contribution is -0.118. The summed E-state index contributed by atoms with van der Waals surface area (Å²) in [6.07, 6.45) is 0. The molecule has 0 aromatic heterocycles. The second-order valence-corrected chi connectivity index (χ2v) is 8.19. The molecule has 2 unspecified atom stereocenters. The van der Waals surface area contributed by atoms with E-state index in [0.29, 0.717) is 9.34 Å². The summed E-state index contributed by atoms with van der Waals surface area (Å²) in [6.45, 7) is 0. The molecule has 1 N–H and O–H groups in total. The van der Waals surface area contributed by atoms with Crippen LogP contribution >= 0.6 is 47.3 Å². The Balaban J connectivity index is 1.93. The third kappa shape index (κ3) is 3.66. The summed E-state index contributed by atoms with van der Waals surface area (Å²) in [5.74, 6) is -0.0293. The Hall–Kier alpha value is -1.01. The molecule has 1 saturated heterocycles. The molecule has 1 heterocycles. The highest BCUT2D eigenvalue weighted by atomic mass is 35.5. The van der Waals surface area contributed by atoms with Crippen molar-refractivity contribution in [1.82, 2.24) is 5.32 Å². The Bertz CT molecular complexity index is 690. The van der Waals surface area contributed by atoms with Crippen LogP contribution in [0.25, 0.3) is 0 Å². The Morgan fingerprint density at radius 3 is 2.41 bits per heavy atom. The Kier molecular flexibility index (Phi) is 5.08. The zero-order valence-electron chi connectivity index (χ0n) is 11.4. The molecule has 1 aliphatic heterocycles. The number of thioether (sulfide) groups is 2. The molecule has 6 heteroatoms. The predicted molar refractivity (Wildman–Crippen MR) is 98.6 cm³/mol. The zero-order chi connectivity index (χ0) is 15.5. The number of hydrogen-bond donors (Lipinski definition) is 1. The van der Waals surface area contributed by atoms with Gasteiger partial charge in [-0.1, -0.05) is 65.9 Å². The van der Waals surface area contributed by atoms with Crippen molar-refractivity contribution in [3.63, 3.8) is 0 Å². The van der Waals surface area contributed by atoms with Crippen molar-refractivity contribution in [1.29, 1.82) is 0 Å². The quantitative estimate of drug-likeness (QED) is 0.628. The maximum Gasteiger partial charge on any atom is 0.240 e. The fourth-order valence-corrected chi connectivity index (χ4v) is 5.03. The number of benzene rings is 2. The van der Waals surface area contributed by atoms with Crippen LogP contribution in [0.1, 0.15) is 10.8 Å². The normalized spacial score (nSPS) is 19.0. The summed E-state index contributed by atoms with van der Waals surface area (Å²) < 4.78 is 0.544. The number of carbonyl (C=O) groups is 1. The van der Waals surface area contributed by atoms with Gasteiger partial charge in [0.1, 0.15) is 9.57 Å². The molecular formula is C16H12ClNOS3. The molecule has 1 fully saturated rings. The van der Waals surface area contributed by atoms with E-state index in [1.807, 2.05) is 54.6 Å². The highest BCUT2D eigenvalue weighted by molar-refractivity contribution is 8.24. The lowest BCUT2D eigenvalue weighted by atomic mass is 10.1. The van der Waals surface area contributed by atoms with Gasteiger partial charge < -0.3 is 5.32 Å². The largest absolute Gasteiger partial charge is 0.311 e. The first kappa shape index (κ1) is 15.9. The molecule has 2 nitrogen and oxygen atoms in total. The third-order valence-electron chi connectivity index (χ3n) is 3.20. The molecule has 0 bridgehead atoms. The number of amides is 1. The van der Waals surface area contributed by atoms with Crippen molar-refractivity contribution in [2.24, 2.45) is 0 Å². The van der Waals surface area contributed by atoms with Crippen LogP contribution in [0.2, 0.25) is 5.02 Å². The third-order valence-corrected chi connectivity index (χ3v) is 6.41. The van der Waals surface area contributed by atoms with Crippen molar-refractivity contribution in [2.45, 2.75) is 15.4 Å². The number of carbonyl (C=O) groups excluding carboxylic acids is 1. The monoisotopic (exact) mass is 365 g/mol. The van der Waals surface area contributed by atoms with Crippen molar-refractivity contribution in [3.8, 4) is 0 Å². The minimum absolute atomic E-state index is 0.0230. The van der Waals surface area contributed by atoms with Gasteiger partial charge in [-0.05, 0) is 29.8 Å². The average molecular weight is 366 g/mol. The van der Waals surface area contributed by atoms with E-state index in [4.69, 9.17) is 23.8 Å². The number of halogens is 1. The van der Waals surface area contributed by atoms with Crippen LogP contribution in [-0.2, 0) is 4.79 Å². The molecule has 2 atom stereocenters. The SMILES string of the molecule is O=C1NC(=S)SC1C(Sc1ccccc1)c1ccc(Cl)cc1. The number of thiocarbonyl (C=S) groups is 1. The Labute approximate surface area is 148 Å². The zero-order valence-corrected chi connectivity index (χ0v) is 14.6. The lowest BCUT2D eigenvalue weighted by Gasteiger charge is -2.21. The minimum atomic E-state index is -0.237. The first-order valence-electron chi connectivity index (χ1n) is 6.62. The van der Waals surface area contributed by atoms with Gasteiger partial charge in [0.15, 0.2) is 0 Å². The fourth-order valence-electron chi connectivity index (χ4n) is 2.17. The van der Waals surface area contributed by atoms with E-state index in [0.717, 1.165) is 10.5 Å². The number of nitrogens with one attached hydrogen (secondary N) is 1. The molecule has 0 spiro atoms. The van der Waals surface area contributed by atoms with Crippen molar-refractivity contribution in [2.75, 3.05) is 0 Å². The molecule has 0 radical (unpaired) electrons.